The molecule has 0 fully saturated rings. The Morgan fingerprint density at radius 3 is 2.32 bits per heavy atom. The second-order valence-electron chi connectivity index (χ2n) is 5.60. The summed E-state index contributed by atoms with van der Waals surface area (Å²) in [5.74, 6) is 2.69. The van der Waals surface area contributed by atoms with Crippen LogP contribution >= 0.6 is 0 Å². The van der Waals surface area contributed by atoms with Gasteiger partial charge in [0.1, 0.15) is 17.5 Å². The van der Waals surface area contributed by atoms with Crippen molar-refractivity contribution in [3.05, 3.63) is 11.4 Å². The summed E-state index contributed by atoms with van der Waals surface area (Å²) in [5.41, 5.74) is 6.81. The SMILES string of the molecule is Cc1c(N)nc(C(C)C)nc1NC(CCO)C(C)C. The highest BCUT2D eigenvalue weighted by Gasteiger charge is 2.17. The van der Waals surface area contributed by atoms with Crippen LogP contribution in [0.15, 0.2) is 0 Å². The molecular weight excluding hydrogens is 240 g/mol. The first-order valence-electron chi connectivity index (χ1n) is 6.88. The summed E-state index contributed by atoms with van der Waals surface area (Å²) < 4.78 is 0. The number of anilines is 2. The minimum atomic E-state index is 0.159. The van der Waals surface area contributed by atoms with Gasteiger partial charge in [0.2, 0.25) is 0 Å². The van der Waals surface area contributed by atoms with Gasteiger partial charge in [-0.3, -0.25) is 0 Å². The minimum absolute atomic E-state index is 0.159. The van der Waals surface area contributed by atoms with E-state index in [-0.39, 0.29) is 18.6 Å². The van der Waals surface area contributed by atoms with Crippen LogP contribution < -0.4 is 11.1 Å². The van der Waals surface area contributed by atoms with Gasteiger partial charge >= 0.3 is 0 Å². The van der Waals surface area contributed by atoms with Crippen LogP contribution in [0.5, 0.6) is 0 Å². The minimum Gasteiger partial charge on any atom is -0.396 e. The molecule has 1 heterocycles. The Morgan fingerprint density at radius 2 is 1.84 bits per heavy atom. The van der Waals surface area contributed by atoms with Gasteiger partial charge in [-0.15, -0.1) is 0 Å². The number of nitrogens with one attached hydrogen (secondary N) is 1. The molecule has 0 aromatic carbocycles. The molecule has 0 aliphatic rings. The normalized spacial score (nSPS) is 13.1. The summed E-state index contributed by atoms with van der Waals surface area (Å²) in [5, 5.41) is 12.5. The van der Waals surface area contributed by atoms with Gasteiger partial charge in [0, 0.05) is 24.1 Å². The fraction of sp³-hybridized carbons (Fsp3) is 0.714. The number of nitrogens with zero attached hydrogens (tertiary/aromatic N) is 2. The maximum absolute atomic E-state index is 9.13. The zero-order chi connectivity index (χ0) is 14.6. The van der Waals surface area contributed by atoms with Gasteiger partial charge in [0.15, 0.2) is 0 Å². The Labute approximate surface area is 115 Å². The van der Waals surface area contributed by atoms with E-state index in [4.69, 9.17) is 10.8 Å². The summed E-state index contributed by atoms with van der Waals surface area (Å²) >= 11 is 0. The van der Waals surface area contributed by atoms with Crippen molar-refractivity contribution in [1.82, 2.24) is 9.97 Å². The smallest absolute Gasteiger partial charge is 0.135 e. The van der Waals surface area contributed by atoms with Gasteiger partial charge < -0.3 is 16.2 Å². The van der Waals surface area contributed by atoms with Gasteiger partial charge in [0.05, 0.1) is 0 Å². The molecule has 0 saturated heterocycles. The molecule has 0 bridgehead atoms. The van der Waals surface area contributed by atoms with Gasteiger partial charge in [-0.05, 0) is 19.3 Å². The van der Waals surface area contributed by atoms with Crippen molar-refractivity contribution >= 4 is 11.6 Å². The van der Waals surface area contributed by atoms with E-state index in [2.05, 4.69) is 29.1 Å². The van der Waals surface area contributed by atoms with Gasteiger partial charge in [-0.1, -0.05) is 27.7 Å². The molecule has 1 atom stereocenters. The number of aliphatic hydroxyl groups is 1. The lowest BCUT2D eigenvalue weighted by Crippen LogP contribution is -2.28. The Balaban J connectivity index is 3.04. The number of aromatic nitrogens is 2. The molecule has 19 heavy (non-hydrogen) atoms. The average Bonchev–Trinajstić information content (AvgIpc) is 2.33. The van der Waals surface area contributed by atoms with Crippen LogP contribution in [0.3, 0.4) is 0 Å². The topological polar surface area (TPSA) is 84.1 Å². The number of hydrogen-bond donors (Lipinski definition) is 3. The third-order valence-electron chi connectivity index (χ3n) is 3.28. The molecule has 0 aliphatic heterocycles. The van der Waals surface area contributed by atoms with Crippen molar-refractivity contribution < 1.29 is 5.11 Å². The quantitative estimate of drug-likeness (QED) is 0.736. The van der Waals surface area contributed by atoms with E-state index >= 15 is 0 Å². The summed E-state index contributed by atoms with van der Waals surface area (Å²) in [4.78, 5) is 8.86. The van der Waals surface area contributed by atoms with E-state index in [0.29, 0.717) is 18.2 Å². The van der Waals surface area contributed by atoms with Gasteiger partial charge in [-0.2, -0.15) is 0 Å². The number of rotatable bonds is 6. The van der Waals surface area contributed by atoms with E-state index < -0.39 is 0 Å². The van der Waals surface area contributed by atoms with Gasteiger partial charge in [-0.25, -0.2) is 9.97 Å². The molecule has 1 unspecified atom stereocenters. The summed E-state index contributed by atoms with van der Waals surface area (Å²) in [6.45, 7) is 10.4. The highest BCUT2D eigenvalue weighted by molar-refractivity contribution is 5.55. The van der Waals surface area contributed by atoms with Crippen molar-refractivity contribution in [2.75, 3.05) is 17.7 Å². The lowest BCUT2D eigenvalue weighted by molar-refractivity contribution is 0.267. The molecule has 108 valence electrons. The standard InChI is InChI=1S/C14H26N4O/c1-8(2)11(6-7-19)16-14-10(5)12(15)17-13(18-14)9(3)4/h8-9,11,19H,6-7H2,1-5H3,(H3,15,16,17,18). The molecule has 0 aliphatic carbocycles. The number of nitrogens with two attached hydrogens (primary N) is 1. The Morgan fingerprint density at radius 1 is 1.21 bits per heavy atom. The number of hydrogen-bond acceptors (Lipinski definition) is 5. The van der Waals surface area contributed by atoms with Gasteiger partial charge in [0.25, 0.3) is 0 Å². The first-order valence-corrected chi connectivity index (χ1v) is 6.88. The van der Waals surface area contributed by atoms with E-state index in [9.17, 15) is 0 Å². The van der Waals surface area contributed by atoms with E-state index in [1.165, 1.54) is 0 Å². The second kappa shape index (κ2) is 6.70. The highest BCUT2D eigenvalue weighted by Crippen LogP contribution is 2.23. The van der Waals surface area contributed by atoms with E-state index in [1.54, 1.807) is 0 Å². The van der Waals surface area contributed by atoms with Crippen LogP contribution in [-0.4, -0.2) is 27.7 Å². The lowest BCUT2D eigenvalue weighted by Gasteiger charge is -2.24. The van der Waals surface area contributed by atoms with Crippen LogP contribution in [0.2, 0.25) is 0 Å². The monoisotopic (exact) mass is 266 g/mol. The summed E-state index contributed by atoms with van der Waals surface area (Å²) in [6, 6.07) is 0.179. The fourth-order valence-corrected chi connectivity index (χ4v) is 1.84. The molecule has 0 radical (unpaired) electrons. The van der Waals surface area contributed by atoms with Crippen LogP contribution in [0.1, 0.15) is 51.4 Å². The van der Waals surface area contributed by atoms with E-state index in [0.717, 1.165) is 17.2 Å². The maximum atomic E-state index is 9.13. The molecule has 1 aromatic heterocycles. The molecule has 5 nitrogen and oxygen atoms in total. The van der Waals surface area contributed by atoms with Crippen molar-refractivity contribution in [2.45, 2.75) is 53.0 Å². The fourth-order valence-electron chi connectivity index (χ4n) is 1.84. The predicted octanol–water partition coefficient (Wildman–Crippen LogP) is 2.31. The third kappa shape index (κ3) is 4.06. The maximum Gasteiger partial charge on any atom is 0.135 e. The predicted molar refractivity (Wildman–Crippen MR) is 79.2 cm³/mol. The zero-order valence-electron chi connectivity index (χ0n) is 12.6. The molecule has 5 heteroatoms. The van der Waals surface area contributed by atoms with E-state index in [1.807, 2.05) is 20.8 Å². The summed E-state index contributed by atoms with van der Waals surface area (Å²) in [7, 11) is 0. The van der Waals surface area contributed by atoms with Crippen LogP contribution in [-0.2, 0) is 0 Å². The van der Waals surface area contributed by atoms with Crippen LogP contribution in [0.25, 0.3) is 0 Å². The first kappa shape index (κ1) is 15.7. The molecule has 1 rings (SSSR count). The largest absolute Gasteiger partial charge is 0.396 e. The number of aliphatic hydroxyl groups excluding tert-OH is 1. The molecule has 4 N–H and O–H groups in total. The third-order valence-corrected chi connectivity index (χ3v) is 3.28. The lowest BCUT2D eigenvalue weighted by atomic mass is 10.0. The molecule has 0 amide bonds. The Bertz CT molecular complexity index is 418. The molecule has 0 saturated carbocycles. The average molecular weight is 266 g/mol. The van der Waals surface area contributed by atoms with Crippen molar-refractivity contribution in [3.8, 4) is 0 Å². The highest BCUT2D eigenvalue weighted by atomic mass is 16.3. The Hall–Kier alpha value is -1.36. The first-order chi connectivity index (χ1) is 8.86. The molecule has 1 aromatic rings. The molecular formula is C14H26N4O. The van der Waals surface area contributed by atoms with Crippen LogP contribution in [0, 0.1) is 12.8 Å². The Kier molecular flexibility index (Phi) is 5.54. The zero-order valence-corrected chi connectivity index (χ0v) is 12.6. The van der Waals surface area contributed by atoms with Crippen molar-refractivity contribution in [2.24, 2.45) is 5.92 Å². The van der Waals surface area contributed by atoms with Crippen LogP contribution in [0.4, 0.5) is 11.6 Å². The second-order valence-corrected chi connectivity index (χ2v) is 5.60. The molecule has 0 spiro atoms. The summed E-state index contributed by atoms with van der Waals surface area (Å²) in [6.07, 6.45) is 0.692. The number of nitrogen functional groups attached to an aromatic ring is 1. The van der Waals surface area contributed by atoms with Crippen molar-refractivity contribution in [1.29, 1.82) is 0 Å². The van der Waals surface area contributed by atoms with Crippen molar-refractivity contribution in [3.63, 3.8) is 0 Å².